The van der Waals surface area contributed by atoms with Crippen LogP contribution in [0, 0.1) is 10.1 Å². The van der Waals surface area contributed by atoms with Gasteiger partial charge in [-0.15, -0.1) is 0 Å². The Morgan fingerprint density at radius 2 is 2.05 bits per heavy atom. The van der Waals surface area contributed by atoms with Crippen LogP contribution in [0.4, 0.5) is 5.69 Å². The molecule has 6 heteroatoms. The van der Waals surface area contributed by atoms with E-state index < -0.39 is 10.5 Å². The minimum absolute atomic E-state index is 0.138. The molecule has 0 heterocycles. The first-order chi connectivity index (χ1) is 9.54. The Kier molecular flexibility index (Phi) is 4.44. The van der Waals surface area contributed by atoms with Gasteiger partial charge < -0.3 is 14.6 Å². The van der Waals surface area contributed by atoms with E-state index in [2.05, 4.69) is 0 Å². The van der Waals surface area contributed by atoms with Gasteiger partial charge in [0.05, 0.1) is 23.7 Å². The van der Waals surface area contributed by atoms with Crippen LogP contribution in [-0.4, -0.2) is 29.3 Å². The lowest BCUT2D eigenvalue weighted by Crippen LogP contribution is -2.37. The summed E-state index contributed by atoms with van der Waals surface area (Å²) in [6, 6.07) is 4.43. The highest BCUT2D eigenvalue weighted by Crippen LogP contribution is 2.33. The van der Waals surface area contributed by atoms with Crippen molar-refractivity contribution in [3.05, 3.63) is 28.3 Å². The standard InChI is InChI=1S/C14H19NO5/c1-19-13-6-5-11(9-12(13)15(17)18)20-10-14(16)7-3-2-4-8-14/h5-6,9,16H,2-4,7-8,10H2,1H3. The Balaban J connectivity index is 2.06. The first-order valence-electron chi connectivity index (χ1n) is 6.72. The predicted octanol–water partition coefficient (Wildman–Crippen LogP) is 2.68. The van der Waals surface area contributed by atoms with Gasteiger partial charge in [-0.2, -0.15) is 0 Å². The minimum Gasteiger partial charge on any atom is -0.490 e. The molecule has 0 saturated heterocycles. The highest BCUT2D eigenvalue weighted by molar-refractivity contribution is 5.50. The van der Waals surface area contributed by atoms with Gasteiger partial charge in [-0.25, -0.2) is 0 Å². The van der Waals surface area contributed by atoms with Crippen molar-refractivity contribution >= 4 is 5.69 Å². The fraction of sp³-hybridized carbons (Fsp3) is 0.571. The number of rotatable bonds is 5. The Hall–Kier alpha value is -1.82. The number of nitro groups is 1. The number of hydrogen-bond donors (Lipinski definition) is 1. The van der Waals surface area contributed by atoms with Gasteiger partial charge in [0.1, 0.15) is 12.4 Å². The van der Waals surface area contributed by atoms with Gasteiger partial charge >= 0.3 is 5.69 Å². The molecule has 0 spiro atoms. The SMILES string of the molecule is COc1ccc(OCC2(O)CCCCC2)cc1[N+](=O)[O-]. The molecule has 1 aromatic rings. The molecule has 0 unspecified atom stereocenters. The first kappa shape index (κ1) is 14.6. The average molecular weight is 281 g/mol. The molecule has 1 fully saturated rings. The molecule has 1 N–H and O–H groups in total. The minimum atomic E-state index is -0.813. The van der Waals surface area contributed by atoms with Crippen molar-refractivity contribution in [1.82, 2.24) is 0 Å². The summed E-state index contributed by atoms with van der Waals surface area (Å²) in [6.45, 7) is 0.163. The average Bonchev–Trinajstić information content (AvgIpc) is 2.45. The van der Waals surface area contributed by atoms with Crippen LogP contribution in [0.15, 0.2) is 18.2 Å². The van der Waals surface area contributed by atoms with Gasteiger partial charge in [0.2, 0.25) is 0 Å². The van der Waals surface area contributed by atoms with E-state index in [0.29, 0.717) is 18.6 Å². The molecule has 1 aliphatic rings. The fourth-order valence-electron chi connectivity index (χ4n) is 2.47. The summed E-state index contributed by atoms with van der Waals surface area (Å²) >= 11 is 0. The number of aliphatic hydroxyl groups is 1. The summed E-state index contributed by atoms with van der Waals surface area (Å²) in [4.78, 5) is 10.4. The molecule has 110 valence electrons. The number of hydrogen-bond acceptors (Lipinski definition) is 5. The molecular weight excluding hydrogens is 262 g/mol. The van der Waals surface area contributed by atoms with Crippen molar-refractivity contribution < 1.29 is 19.5 Å². The van der Waals surface area contributed by atoms with Gasteiger partial charge in [-0.05, 0) is 25.0 Å². The van der Waals surface area contributed by atoms with Crippen molar-refractivity contribution in [2.24, 2.45) is 0 Å². The van der Waals surface area contributed by atoms with Crippen LogP contribution in [0.2, 0.25) is 0 Å². The Morgan fingerprint density at radius 3 is 2.65 bits per heavy atom. The topological polar surface area (TPSA) is 81.8 Å². The van der Waals surface area contributed by atoms with E-state index in [0.717, 1.165) is 19.3 Å². The maximum absolute atomic E-state index is 10.9. The van der Waals surface area contributed by atoms with E-state index in [1.54, 1.807) is 6.07 Å². The zero-order chi connectivity index (χ0) is 14.6. The lowest BCUT2D eigenvalue weighted by molar-refractivity contribution is -0.385. The van der Waals surface area contributed by atoms with Gasteiger partial charge in [-0.1, -0.05) is 19.3 Å². The predicted molar refractivity (Wildman–Crippen MR) is 73.2 cm³/mol. The van der Waals surface area contributed by atoms with E-state index in [1.165, 1.54) is 19.2 Å². The fourth-order valence-corrected chi connectivity index (χ4v) is 2.47. The third-order valence-electron chi connectivity index (χ3n) is 3.64. The summed E-state index contributed by atoms with van der Waals surface area (Å²) in [5.74, 6) is 0.565. The second kappa shape index (κ2) is 6.09. The molecule has 0 radical (unpaired) electrons. The highest BCUT2D eigenvalue weighted by atomic mass is 16.6. The normalized spacial score (nSPS) is 17.5. The number of ether oxygens (including phenoxy) is 2. The van der Waals surface area contributed by atoms with E-state index in [9.17, 15) is 15.2 Å². The number of benzene rings is 1. The van der Waals surface area contributed by atoms with Crippen LogP contribution >= 0.6 is 0 Å². The maximum Gasteiger partial charge on any atom is 0.314 e. The van der Waals surface area contributed by atoms with Crippen LogP contribution in [0.1, 0.15) is 32.1 Å². The van der Waals surface area contributed by atoms with Gasteiger partial charge in [0, 0.05) is 0 Å². The van der Waals surface area contributed by atoms with Gasteiger partial charge in [0.25, 0.3) is 0 Å². The summed E-state index contributed by atoms with van der Waals surface area (Å²) in [7, 11) is 1.38. The molecule has 0 amide bonds. The number of nitro benzene ring substituents is 1. The van der Waals surface area contributed by atoms with Crippen molar-refractivity contribution in [2.45, 2.75) is 37.7 Å². The zero-order valence-electron chi connectivity index (χ0n) is 11.5. The second-order valence-electron chi connectivity index (χ2n) is 5.16. The van der Waals surface area contributed by atoms with Crippen LogP contribution in [0.3, 0.4) is 0 Å². The Morgan fingerprint density at radius 1 is 1.35 bits per heavy atom. The summed E-state index contributed by atoms with van der Waals surface area (Å²) < 4.78 is 10.5. The maximum atomic E-state index is 10.9. The molecule has 6 nitrogen and oxygen atoms in total. The second-order valence-corrected chi connectivity index (χ2v) is 5.16. The molecule has 2 rings (SSSR count). The highest BCUT2D eigenvalue weighted by Gasteiger charge is 2.30. The van der Waals surface area contributed by atoms with E-state index in [-0.39, 0.29) is 18.0 Å². The summed E-state index contributed by atoms with van der Waals surface area (Å²) in [6.07, 6.45) is 4.54. The first-order valence-corrected chi connectivity index (χ1v) is 6.72. The van der Waals surface area contributed by atoms with Crippen LogP contribution < -0.4 is 9.47 Å². The number of methoxy groups -OCH3 is 1. The van der Waals surface area contributed by atoms with E-state index in [4.69, 9.17) is 9.47 Å². The summed E-state index contributed by atoms with van der Waals surface area (Å²) in [5.41, 5.74) is -0.951. The molecular formula is C14H19NO5. The van der Waals surface area contributed by atoms with Crippen molar-refractivity contribution in [3.8, 4) is 11.5 Å². The third-order valence-corrected chi connectivity index (χ3v) is 3.64. The molecule has 0 bridgehead atoms. The molecule has 1 aliphatic carbocycles. The van der Waals surface area contributed by atoms with Crippen LogP contribution in [0.5, 0.6) is 11.5 Å². The third kappa shape index (κ3) is 3.39. The van der Waals surface area contributed by atoms with Crippen LogP contribution in [-0.2, 0) is 0 Å². The molecule has 0 aromatic heterocycles. The zero-order valence-corrected chi connectivity index (χ0v) is 11.5. The lowest BCUT2D eigenvalue weighted by Gasteiger charge is -2.31. The molecule has 1 saturated carbocycles. The largest absolute Gasteiger partial charge is 0.490 e. The van der Waals surface area contributed by atoms with Crippen LogP contribution in [0.25, 0.3) is 0 Å². The van der Waals surface area contributed by atoms with Crippen molar-refractivity contribution in [2.75, 3.05) is 13.7 Å². The van der Waals surface area contributed by atoms with Crippen molar-refractivity contribution in [3.63, 3.8) is 0 Å². The molecule has 0 aliphatic heterocycles. The van der Waals surface area contributed by atoms with E-state index >= 15 is 0 Å². The lowest BCUT2D eigenvalue weighted by atomic mass is 9.85. The van der Waals surface area contributed by atoms with Crippen molar-refractivity contribution in [1.29, 1.82) is 0 Å². The Labute approximate surface area is 117 Å². The van der Waals surface area contributed by atoms with Gasteiger partial charge in [-0.3, -0.25) is 10.1 Å². The molecule has 0 atom stereocenters. The molecule has 1 aromatic carbocycles. The summed E-state index contributed by atoms with van der Waals surface area (Å²) in [5, 5.41) is 21.3. The number of nitrogens with zero attached hydrogens (tertiary/aromatic N) is 1. The molecule has 20 heavy (non-hydrogen) atoms. The Bertz CT molecular complexity index is 482. The quantitative estimate of drug-likeness (QED) is 0.662. The van der Waals surface area contributed by atoms with Gasteiger partial charge in [0.15, 0.2) is 5.75 Å². The monoisotopic (exact) mass is 281 g/mol. The smallest absolute Gasteiger partial charge is 0.314 e. The van der Waals surface area contributed by atoms with E-state index in [1.807, 2.05) is 0 Å².